The normalized spacial score (nSPS) is 23.9. The first-order valence-electron chi connectivity index (χ1n) is 5.20. The summed E-state index contributed by atoms with van der Waals surface area (Å²) in [5.74, 6) is 0.131. The van der Waals surface area contributed by atoms with Crippen molar-refractivity contribution in [3.8, 4) is 0 Å². The Hall–Kier alpha value is -0.610. The van der Waals surface area contributed by atoms with Crippen molar-refractivity contribution in [2.45, 2.75) is 25.8 Å². The molecule has 1 amide bonds. The van der Waals surface area contributed by atoms with Crippen LogP contribution in [0.1, 0.15) is 19.8 Å². The van der Waals surface area contributed by atoms with E-state index in [0.29, 0.717) is 13.2 Å². The molecule has 1 aliphatic rings. The van der Waals surface area contributed by atoms with Crippen molar-refractivity contribution in [3.63, 3.8) is 0 Å². The van der Waals surface area contributed by atoms with Crippen LogP contribution in [0.3, 0.4) is 0 Å². The average Bonchev–Trinajstić information content (AvgIpc) is 2.64. The zero-order valence-electron chi connectivity index (χ0n) is 9.03. The van der Waals surface area contributed by atoms with Crippen LogP contribution in [0.4, 0.5) is 0 Å². The molecule has 0 aromatic rings. The van der Waals surface area contributed by atoms with Gasteiger partial charge in [0.1, 0.15) is 0 Å². The summed E-state index contributed by atoms with van der Waals surface area (Å²) in [5, 5.41) is 0. The first-order valence-corrected chi connectivity index (χ1v) is 5.20. The van der Waals surface area contributed by atoms with Gasteiger partial charge in [0, 0.05) is 26.2 Å². The molecule has 4 heteroatoms. The maximum absolute atomic E-state index is 11.9. The Morgan fingerprint density at radius 3 is 3.00 bits per heavy atom. The van der Waals surface area contributed by atoms with Gasteiger partial charge in [-0.3, -0.25) is 4.79 Å². The Bertz CT molecular complexity index is 197. The molecule has 1 rings (SSSR count). The number of likely N-dealkylation sites (tertiary alicyclic amines) is 1. The first kappa shape index (κ1) is 11.5. The summed E-state index contributed by atoms with van der Waals surface area (Å²) in [6.07, 6.45) is 2.12. The van der Waals surface area contributed by atoms with Crippen LogP contribution in [0.5, 0.6) is 0 Å². The number of ether oxygens (including phenoxy) is 1. The maximum Gasteiger partial charge on any atom is 0.228 e. The minimum Gasteiger partial charge on any atom is -0.384 e. The van der Waals surface area contributed by atoms with Crippen molar-refractivity contribution in [3.05, 3.63) is 0 Å². The zero-order chi connectivity index (χ0) is 10.6. The number of hydrogen-bond donors (Lipinski definition) is 1. The first-order chi connectivity index (χ1) is 6.70. The molecule has 14 heavy (non-hydrogen) atoms. The fourth-order valence-electron chi connectivity index (χ4n) is 1.98. The monoisotopic (exact) mass is 200 g/mol. The van der Waals surface area contributed by atoms with Crippen LogP contribution in [-0.2, 0) is 9.53 Å². The predicted octanol–water partition coefficient (Wildman–Crippen LogP) is 0.219. The lowest BCUT2D eigenvalue weighted by molar-refractivity contribution is -0.137. The molecule has 1 fully saturated rings. The van der Waals surface area contributed by atoms with Gasteiger partial charge >= 0.3 is 0 Å². The van der Waals surface area contributed by atoms with Crippen molar-refractivity contribution in [1.82, 2.24) is 4.90 Å². The van der Waals surface area contributed by atoms with E-state index in [1.54, 1.807) is 7.11 Å². The Balaban J connectivity index is 2.50. The van der Waals surface area contributed by atoms with E-state index in [2.05, 4.69) is 0 Å². The van der Waals surface area contributed by atoms with E-state index >= 15 is 0 Å². The van der Waals surface area contributed by atoms with E-state index in [1.807, 2.05) is 11.8 Å². The van der Waals surface area contributed by atoms with E-state index in [0.717, 1.165) is 19.4 Å². The molecule has 2 atom stereocenters. The highest BCUT2D eigenvalue weighted by atomic mass is 16.5. The summed E-state index contributed by atoms with van der Waals surface area (Å²) >= 11 is 0. The molecular weight excluding hydrogens is 180 g/mol. The van der Waals surface area contributed by atoms with Crippen LogP contribution in [0.2, 0.25) is 0 Å². The second kappa shape index (κ2) is 5.32. The fourth-order valence-corrected chi connectivity index (χ4v) is 1.98. The number of nitrogens with zero attached hydrogens (tertiary/aromatic N) is 1. The smallest absolute Gasteiger partial charge is 0.228 e. The van der Waals surface area contributed by atoms with Crippen LogP contribution < -0.4 is 5.73 Å². The summed E-state index contributed by atoms with van der Waals surface area (Å²) in [6.45, 7) is 3.82. The predicted molar refractivity (Wildman–Crippen MR) is 54.8 cm³/mol. The standard InChI is InChI=1S/C10H20N2O2/c1-8(7-14-2)10(13)12-5-3-4-9(12)6-11/h8-9H,3-7,11H2,1-2H3. The van der Waals surface area contributed by atoms with Crippen LogP contribution in [-0.4, -0.2) is 43.7 Å². The lowest BCUT2D eigenvalue weighted by atomic mass is 10.1. The van der Waals surface area contributed by atoms with Gasteiger partial charge in [0.25, 0.3) is 0 Å². The van der Waals surface area contributed by atoms with Crippen LogP contribution >= 0.6 is 0 Å². The number of amides is 1. The molecule has 0 aromatic heterocycles. The van der Waals surface area contributed by atoms with Gasteiger partial charge in [0.05, 0.1) is 12.5 Å². The number of methoxy groups -OCH3 is 1. The lowest BCUT2D eigenvalue weighted by Crippen LogP contribution is -2.43. The van der Waals surface area contributed by atoms with Gasteiger partial charge in [0.15, 0.2) is 0 Å². The Morgan fingerprint density at radius 1 is 1.71 bits per heavy atom. The van der Waals surface area contributed by atoms with Crippen molar-refractivity contribution in [2.24, 2.45) is 11.7 Å². The molecule has 82 valence electrons. The van der Waals surface area contributed by atoms with E-state index < -0.39 is 0 Å². The third kappa shape index (κ3) is 2.45. The second-order valence-corrected chi connectivity index (χ2v) is 3.92. The SMILES string of the molecule is COCC(C)C(=O)N1CCCC1CN. The quantitative estimate of drug-likeness (QED) is 0.706. The van der Waals surface area contributed by atoms with Gasteiger partial charge in [-0.1, -0.05) is 6.92 Å². The molecule has 0 aromatic carbocycles. The molecule has 0 bridgehead atoms. The van der Waals surface area contributed by atoms with Crippen molar-refractivity contribution >= 4 is 5.91 Å². The molecule has 1 heterocycles. The Morgan fingerprint density at radius 2 is 2.43 bits per heavy atom. The van der Waals surface area contributed by atoms with Gasteiger partial charge < -0.3 is 15.4 Å². The topological polar surface area (TPSA) is 55.6 Å². The van der Waals surface area contributed by atoms with Gasteiger partial charge in [-0.25, -0.2) is 0 Å². The van der Waals surface area contributed by atoms with Gasteiger partial charge in [0.2, 0.25) is 5.91 Å². The lowest BCUT2D eigenvalue weighted by Gasteiger charge is -2.26. The van der Waals surface area contributed by atoms with Crippen LogP contribution in [0, 0.1) is 5.92 Å². The van der Waals surface area contributed by atoms with E-state index in [1.165, 1.54) is 0 Å². The number of carbonyl (C=O) groups is 1. The van der Waals surface area contributed by atoms with Crippen molar-refractivity contribution < 1.29 is 9.53 Å². The molecule has 0 radical (unpaired) electrons. The highest BCUT2D eigenvalue weighted by Crippen LogP contribution is 2.18. The van der Waals surface area contributed by atoms with E-state index in [9.17, 15) is 4.79 Å². The zero-order valence-corrected chi connectivity index (χ0v) is 9.03. The Labute approximate surface area is 85.4 Å². The molecule has 1 saturated heterocycles. The molecule has 4 nitrogen and oxygen atoms in total. The number of rotatable bonds is 4. The minimum atomic E-state index is -0.0489. The summed E-state index contributed by atoms with van der Waals surface area (Å²) < 4.78 is 4.97. The average molecular weight is 200 g/mol. The molecule has 0 aliphatic carbocycles. The fraction of sp³-hybridized carbons (Fsp3) is 0.900. The van der Waals surface area contributed by atoms with Gasteiger partial charge in [-0.15, -0.1) is 0 Å². The van der Waals surface area contributed by atoms with E-state index in [4.69, 9.17) is 10.5 Å². The molecule has 2 unspecified atom stereocenters. The molecule has 2 N–H and O–H groups in total. The van der Waals surface area contributed by atoms with Crippen molar-refractivity contribution in [2.75, 3.05) is 26.8 Å². The highest BCUT2D eigenvalue weighted by Gasteiger charge is 2.30. The largest absolute Gasteiger partial charge is 0.384 e. The summed E-state index contributed by atoms with van der Waals surface area (Å²) in [4.78, 5) is 13.8. The maximum atomic E-state index is 11.9. The molecular formula is C10H20N2O2. The van der Waals surface area contributed by atoms with E-state index in [-0.39, 0.29) is 17.9 Å². The molecule has 0 spiro atoms. The number of carbonyl (C=O) groups excluding carboxylic acids is 1. The van der Waals surface area contributed by atoms with Gasteiger partial charge in [-0.05, 0) is 12.8 Å². The number of nitrogens with two attached hydrogens (primary N) is 1. The minimum absolute atomic E-state index is 0.0489. The molecule has 0 saturated carbocycles. The second-order valence-electron chi connectivity index (χ2n) is 3.92. The Kier molecular flexibility index (Phi) is 4.35. The third-order valence-electron chi connectivity index (χ3n) is 2.77. The number of hydrogen-bond acceptors (Lipinski definition) is 3. The van der Waals surface area contributed by atoms with Crippen LogP contribution in [0.15, 0.2) is 0 Å². The highest BCUT2D eigenvalue weighted by molar-refractivity contribution is 5.79. The summed E-state index contributed by atoms with van der Waals surface area (Å²) in [6, 6.07) is 0.252. The third-order valence-corrected chi connectivity index (χ3v) is 2.77. The molecule has 1 aliphatic heterocycles. The summed E-state index contributed by atoms with van der Waals surface area (Å²) in [7, 11) is 1.62. The van der Waals surface area contributed by atoms with Crippen LogP contribution in [0.25, 0.3) is 0 Å². The summed E-state index contributed by atoms with van der Waals surface area (Å²) in [5.41, 5.74) is 5.61. The van der Waals surface area contributed by atoms with Crippen molar-refractivity contribution in [1.29, 1.82) is 0 Å². The van der Waals surface area contributed by atoms with Gasteiger partial charge in [-0.2, -0.15) is 0 Å².